The molecule has 1 saturated carbocycles. The van der Waals surface area contributed by atoms with Gasteiger partial charge in [-0.2, -0.15) is 11.8 Å². The Balaban J connectivity index is 2.47. The number of hydrogen-bond donors (Lipinski definition) is 2. The molecule has 2 atom stereocenters. The molecule has 0 aliphatic heterocycles. The second-order valence-corrected chi connectivity index (χ2v) is 5.74. The van der Waals surface area contributed by atoms with Gasteiger partial charge in [-0.1, -0.05) is 13.3 Å². The van der Waals surface area contributed by atoms with E-state index in [0.29, 0.717) is 5.92 Å². The van der Waals surface area contributed by atoms with Gasteiger partial charge >= 0.3 is 5.97 Å². The number of hydrogen-bond acceptors (Lipinski definition) is 3. The Hall–Kier alpha value is -0.220. The van der Waals surface area contributed by atoms with Crippen molar-refractivity contribution in [3.63, 3.8) is 0 Å². The van der Waals surface area contributed by atoms with Crippen molar-refractivity contribution >= 4 is 17.7 Å². The molecular formula is C12H23NO2S. The van der Waals surface area contributed by atoms with E-state index in [1.54, 1.807) is 7.05 Å². The summed E-state index contributed by atoms with van der Waals surface area (Å²) in [6.07, 6.45) is 5.10. The molecule has 0 aromatic carbocycles. The van der Waals surface area contributed by atoms with Crippen molar-refractivity contribution in [2.45, 2.75) is 44.6 Å². The number of nitrogens with one attached hydrogen (secondary N) is 1. The van der Waals surface area contributed by atoms with Crippen LogP contribution in [-0.4, -0.2) is 35.2 Å². The number of carbonyl (C=O) groups is 1. The molecule has 1 aliphatic carbocycles. The Morgan fingerprint density at radius 1 is 1.56 bits per heavy atom. The molecule has 0 aromatic heterocycles. The maximum atomic E-state index is 11.4. The minimum absolute atomic E-state index is 0.305. The van der Waals surface area contributed by atoms with Crippen LogP contribution < -0.4 is 5.32 Å². The van der Waals surface area contributed by atoms with Crippen LogP contribution in [0.5, 0.6) is 0 Å². The second-order valence-electron chi connectivity index (χ2n) is 4.52. The topological polar surface area (TPSA) is 49.3 Å². The van der Waals surface area contributed by atoms with Crippen molar-refractivity contribution < 1.29 is 9.90 Å². The van der Waals surface area contributed by atoms with Gasteiger partial charge in [0, 0.05) is 0 Å². The van der Waals surface area contributed by atoms with E-state index in [0.717, 1.165) is 31.4 Å². The number of carboxylic acid groups (broad SMARTS) is 1. The number of rotatable bonds is 7. The van der Waals surface area contributed by atoms with E-state index in [1.165, 1.54) is 12.2 Å². The van der Waals surface area contributed by atoms with Crippen LogP contribution in [0.4, 0.5) is 0 Å². The molecule has 1 aliphatic rings. The molecule has 16 heavy (non-hydrogen) atoms. The van der Waals surface area contributed by atoms with Crippen LogP contribution >= 0.6 is 11.8 Å². The Morgan fingerprint density at radius 3 is 2.88 bits per heavy atom. The summed E-state index contributed by atoms with van der Waals surface area (Å²) in [4.78, 5) is 11.4. The van der Waals surface area contributed by atoms with Gasteiger partial charge in [0.05, 0.1) is 0 Å². The minimum Gasteiger partial charge on any atom is -0.480 e. The van der Waals surface area contributed by atoms with Crippen molar-refractivity contribution in [2.75, 3.05) is 18.6 Å². The highest BCUT2D eigenvalue weighted by molar-refractivity contribution is 7.99. The lowest BCUT2D eigenvalue weighted by Crippen LogP contribution is -2.53. The molecule has 4 heteroatoms. The van der Waals surface area contributed by atoms with E-state index >= 15 is 0 Å². The highest BCUT2D eigenvalue weighted by atomic mass is 32.2. The lowest BCUT2D eigenvalue weighted by Gasteiger charge is -2.30. The summed E-state index contributed by atoms with van der Waals surface area (Å²) in [6, 6.07) is 0. The van der Waals surface area contributed by atoms with Gasteiger partial charge in [0.2, 0.25) is 0 Å². The summed E-state index contributed by atoms with van der Waals surface area (Å²) < 4.78 is 0. The number of thioether (sulfide) groups is 1. The molecule has 0 spiro atoms. The fourth-order valence-electron chi connectivity index (χ4n) is 2.66. The fourth-order valence-corrected chi connectivity index (χ4v) is 3.60. The quantitative estimate of drug-likeness (QED) is 0.676. The molecule has 1 rings (SSSR count). The summed E-state index contributed by atoms with van der Waals surface area (Å²) in [5.41, 5.74) is -0.646. The SMILES string of the molecule is CCCSCCC1CCCC1(NC)C(=O)O. The van der Waals surface area contributed by atoms with Crippen LogP contribution in [0.3, 0.4) is 0 Å². The molecule has 0 aromatic rings. The predicted octanol–water partition coefficient (Wildman–Crippen LogP) is 2.36. The van der Waals surface area contributed by atoms with Gasteiger partial charge in [0.1, 0.15) is 5.54 Å². The first-order valence-electron chi connectivity index (χ1n) is 6.17. The zero-order chi connectivity index (χ0) is 12.0. The van der Waals surface area contributed by atoms with Gasteiger partial charge in [0.15, 0.2) is 0 Å². The van der Waals surface area contributed by atoms with Crippen LogP contribution in [0.2, 0.25) is 0 Å². The van der Waals surface area contributed by atoms with E-state index in [9.17, 15) is 9.90 Å². The van der Waals surface area contributed by atoms with Crippen molar-refractivity contribution in [1.82, 2.24) is 5.32 Å². The van der Waals surface area contributed by atoms with Gasteiger partial charge in [-0.3, -0.25) is 4.79 Å². The van der Waals surface area contributed by atoms with Crippen LogP contribution in [-0.2, 0) is 4.79 Å². The summed E-state index contributed by atoms with van der Waals surface area (Å²) in [6.45, 7) is 2.18. The number of aliphatic carboxylic acids is 1. The highest BCUT2D eigenvalue weighted by Gasteiger charge is 2.47. The summed E-state index contributed by atoms with van der Waals surface area (Å²) in [5, 5.41) is 12.4. The first kappa shape index (κ1) is 13.8. The van der Waals surface area contributed by atoms with Crippen LogP contribution in [0.15, 0.2) is 0 Å². The molecule has 0 bridgehead atoms. The molecule has 1 fully saturated rings. The third-order valence-electron chi connectivity index (χ3n) is 3.61. The summed E-state index contributed by atoms with van der Waals surface area (Å²) in [5.74, 6) is 1.92. The van der Waals surface area contributed by atoms with Crippen LogP contribution in [0.1, 0.15) is 39.0 Å². The lowest BCUT2D eigenvalue weighted by atomic mass is 9.85. The standard InChI is InChI=1S/C12H23NO2S/c1-3-8-16-9-6-10-5-4-7-12(10,13-2)11(14)15/h10,13H,3-9H2,1-2H3,(H,14,15). The normalized spacial score (nSPS) is 29.5. The maximum absolute atomic E-state index is 11.4. The molecule has 0 saturated heterocycles. The van der Waals surface area contributed by atoms with E-state index in [2.05, 4.69) is 12.2 Å². The average molecular weight is 245 g/mol. The zero-order valence-corrected chi connectivity index (χ0v) is 11.1. The monoisotopic (exact) mass is 245 g/mol. The maximum Gasteiger partial charge on any atom is 0.324 e. The third kappa shape index (κ3) is 2.92. The summed E-state index contributed by atoms with van der Waals surface area (Å²) in [7, 11) is 1.78. The highest BCUT2D eigenvalue weighted by Crippen LogP contribution is 2.38. The molecule has 2 N–H and O–H groups in total. The Morgan fingerprint density at radius 2 is 2.31 bits per heavy atom. The first-order valence-corrected chi connectivity index (χ1v) is 7.33. The van der Waals surface area contributed by atoms with Crippen molar-refractivity contribution in [3.8, 4) is 0 Å². The fraction of sp³-hybridized carbons (Fsp3) is 0.917. The third-order valence-corrected chi connectivity index (χ3v) is 4.83. The smallest absolute Gasteiger partial charge is 0.324 e. The molecule has 0 amide bonds. The van der Waals surface area contributed by atoms with Crippen LogP contribution in [0.25, 0.3) is 0 Å². The molecule has 0 heterocycles. The van der Waals surface area contributed by atoms with E-state index in [1.807, 2.05) is 11.8 Å². The molecule has 2 unspecified atom stereocenters. The molecule has 3 nitrogen and oxygen atoms in total. The van der Waals surface area contributed by atoms with E-state index in [-0.39, 0.29) is 0 Å². The minimum atomic E-state index is -0.669. The van der Waals surface area contributed by atoms with Gasteiger partial charge in [-0.15, -0.1) is 0 Å². The van der Waals surface area contributed by atoms with Crippen molar-refractivity contribution in [3.05, 3.63) is 0 Å². The average Bonchev–Trinajstić information content (AvgIpc) is 2.68. The number of carboxylic acids is 1. The Labute approximate surface area is 102 Å². The zero-order valence-electron chi connectivity index (χ0n) is 10.3. The van der Waals surface area contributed by atoms with E-state index in [4.69, 9.17) is 0 Å². The van der Waals surface area contributed by atoms with Gasteiger partial charge < -0.3 is 10.4 Å². The number of likely N-dealkylation sites (N-methyl/N-ethyl adjacent to an activating group) is 1. The van der Waals surface area contributed by atoms with E-state index < -0.39 is 11.5 Å². The van der Waals surface area contributed by atoms with Gasteiger partial charge in [0.25, 0.3) is 0 Å². The Bertz CT molecular complexity index is 235. The predicted molar refractivity (Wildman–Crippen MR) is 69.0 cm³/mol. The molecule has 0 radical (unpaired) electrons. The summed E-state index contributed by atoms with van der Waals surface area (Å²) >= 11 is 1.94. The van der Waals surface area contributed by atoms with Gasteiger partial charge in [-0.25, -0.2) is 0 Å². The van der Waals surface area contributed by atoms with Crippen molar-refractivity contribution in [2.24, 2.45) is 5.92 Å². The molecular weight excluding hydrogens is 222 g/mol. The first-order chi connectivity index (χ1) is 7.67. The Kier molecular flexibility index (Phi) is 5.62. The van der Waals surface area contributed by atoms with Crippen molar-refractivity contribution in [1.29, 1.82) is 0 Å². The van der Waals surface area contributed by atoms with Gasteiger partial charge in [-0.05, 0) is 50.2 Å². The largest absolute Gasteiger partial charge is 0.480 e. The molecule has 94 valence electrons. The van der Waals surface area contributed by atoms with Crippen LogP contribution in [0, 0.1) is 5.92 Å². The lowest BCUT2D eigenvalue weighted by molar-refractivity contribution is -0.146. The second kappa shape index (κ2) is 6.50.